The van der Waals surface area contributed by atoms with Gasteiger partial charge in [-0.05, 0) is 32.6 Å². The molecule has 1 rings (SSSR count). The van der Waals surface area contributed by atoms with Crippen molar-refractivity contribution < 1.29 is 13.7 Å². The molecule has 0 aromatic rings. The fourth-order valence-electron chi connectivity index (χ4n) is 2.91. The van der Waals surface area contributed by atoms with E-state index in [9.17, 15) is 9.00 Å². The van der Waals surface area contributed by atoms with Gasteiger partial charge in [-0.25, -0.2) is 4.99 Å². The van der Waals surface area contributed by atoms with E-state index < -0.39 is 10.8 Å². The number of rotatable bonds is 10. The van der Waals surface area contributed by atoms with Crippen LogP contribution >= 0.6 is 24.0 Å². The lowest BCUT2D eigenvalue weighted by atomic mass is 9.95. The number of hydrogen-bond acceptors (Lipinski definition) is 4. The Hall–Kier alpha value is -0.420. The number of hydrogen-bond donors (Lipinski definition) is 2. The van der Waals surface area contributed by atoms with Crippen molar-refractivity contribution in [2.75, 3.05) is 46.2 Å². The van der Waals surface area contributed by atoms with Crippen LogP contribution in [0, 0.1) is 0 Å². The normalized spacial score (nSPS) is 21.1. The number of aliphatic imine (C=N–C) groups is 1. The first-order valence-electron chi connectivity index (χ1n) is 9.67. The zero-order valence-corrected chi connectivity index (χ0v) is 20.3. The van der Waals surface area contributed by atoms with Gasteiger partial charge in [-0.3, -0.25) is 9.00 Å². The number of carbonyl (C=O) groups is 1. The lowest BCUT2D eigenvalue weighted by Gasteiger charge is -2.30. The van der Waals surface area contributed by atoms with Gasteiger partial charge in [0, 0.05) is 61.7 Å². The van der Waals surface area contributed by atoms with Gasteiger partial charge in [-0.15, -0.1) is 24.0 Å². The molecule has 1 saturated carbocycles. The summed E-state index contributed by atoms with van der Waals surface area (Å²) in [5, 5.41) is 6.99. The van der Waals surface area contributed by atoms with E-state index >= 15 is 0 Å². The molecule has 27 heavy (non-hydrogen) atoms. The summed E-state index contributed by atoms with van der Waals surface area (Å²) >= 11 is 0. The molecule has 0 aromatic carbocycles. The third kappa shape index (κ3) is 11.2. The van der Waals surface area contributed by atoms with E-state index in [1.54, 1.807) is 14.1 Å². The Kier molecular flexibility index (Phi) is 15.3. The number of halogens is 1. The lowest BCUT2D eigenvalue weighted by Crippen LogP contribution is -2.47. The minimum atomic E-state index is -0.753. The van der Waals surface area contributed by atoms with Crippen molar-refractivity contribution in [1.29, 1.82) is 0 Å². The second-order valence-electron chi connectivity index (χ2n) is 6.73. The molecule has 1 fully saturated rings. The maximum absolute atomic E-state index is 12.1. The standard InChI is InChI=1S/C18H36N4O3S.HI/c1-5-25-12-8-11-19-18(20-14-17(23)22(3)4)21-15-9-7-10-16(13-15)26(24)6-2;/h15-16H,5-14H2,1-4H3,(H2,19,20,21);1H. The predicted octanol–water partition coefficient (Wildman–Crippen LogP) is 1.73. The van der Waals surface area contributed by atoms with Crippen molar-refractivity contribution in [1.82, 2.24) is 15.5 Å². The number of nitrogens with zero attached hydrogens (tertiary/aromatic N) is 2. The maximum Gasteiger partial charge on any atom is 0.243 e. The van der Waals surface area contributed by atoms with Crippen molar-refractivity contribution in [3.63, 3.8) is 0 Å². The van der Waals surface area contributed by atoms with Gasteiger partial charge in [-0.1, -0.05) is 13.3 Å². The summed E-state index contributed by atoms with van der Waals surface area (Å²) in [6, 6.07) is 0.247. The fourth-order valence-corrected chi connectivity index (χ4v) is 4.26. The first-order valence-corrected chi connectivity index (χ1v) is 11.1. The molecule has 160 valence electrons. The van der Waals surface area contributed by atoms with Crippen LogP contribution in [-0.2, 0) is 20.3 Å². The second kappa shape index (κ2) is 15.5. The van der Waals surface area contributed by atoms with E-state index in [2.05, 4.69) is 15.6 Å². The maximum atomic E-state index is 12.1. The number of nitrogens with one attached hydrogen (secondary N) is 2. The molecule has 1 amide bonds. The van der Waals surface area contributed by atoms with Crippen LogP contribution in [0.25, 0.3) is 0 Å². The first kappa shape index (κ1) is 26.6. The van der Waals surface area contributed by atoms with E-state index in [1.165, 1.54) is 4.90 Å². The molecule has 9 heteroatoms. The smallest absolute Gasteiger partial charge is 0.243 e. The summed E-state index contributed by atoms with van der Waals surface area (Å²) in [6.07, 6.45) is 4.91. The first-order chi connectivity index (χ1) is 12.5. The van der Waals surface area contributed by atoms with Gasteiger partial charge >= 0.3 is 0 Å². The molecule has 0 aliphatic heterocycles. The van der Waals surface area contributed by atoms with Gasteiger partial charge in [0.25, 0.3) is 0 Å². The van der Waals surface area contributed by atoms with Crippen LogP contribution in [0.4, 0.5) is 0 Å². The minimum Gasteiger partial charge on any atom is -0.382 e. The van der Waals surface area contributed by atoms with E-state index in [0.29, 0.717) is 24.9 Å². The molecule has 2 N–H and O–H groups in total. The molecule has 0 aromatic heterocycles. The van der Waals surface area contributed by atoms with Crippen LogP contribution in [0.15, 0.2) is 4.99 Å². The molecule has 7 nitrogen and oxygen atoms in total. The zero-order chi connectivity index (χ0) is 19.4. The summed E-state index contributed by atoms with van der Waals surface area (Å²) in [4.78, 5) is 17.8. The Morgan fingerprint density at radius 2 is 2.04 bits per heavy atom. The molecule has 0 saturated heterocycles. The van der Waals surface area contributed by atoms with Gasteiger partial charge in [-0.2, -0.15) is 0 Å². The van der Waals surface area contributed by atoms with Crippen LogP contribution < -0.4 is 10.6 Å². The third-order valence-corrected chi connectivity index (χ3v) is 6.20. The highest BCUT2D eigenvalue weighted by atomic mass is 127. The Morgan fingerprint density at radius 3 is 2.67 bits per heavy atom. The Bertz CT molecular complexity index is 478. The van der Waals surface area contributed by atoms with Gasteiger partial charge in [0.2, 0.25) is 5.91 Å². The molecule has 0 spiro atoms. The minimum absolute atomic E-state index is 0. The summed E-state index contributed by atoms with van der Waals surface area (Å²) in [6.45, 7) is 6.23. The topological polar surface area (TPSA) is 83.0 Å². The molecule has 1 aliphatic carbocycles. The van der Waals surface area contributed by atoms with Crippen LogP contribution in [0.5, 0.6) is 0 Å². The monoisotopic (exact) mass is 516 g/mol. The quantitative estimate of drug-likeness (QED) is 0.200. The Morgan fingerprint density at radius 1 is 1.30 bits per heavy atom. The van der Waals surface area contributed by atoms with Crippen molar-refractivity contribution >= 4 is 46.6 Å². The summed E-state index contributed by atoms with van der Waals surface area (Å²) in [7, 11) is 2.70. The SMILES string of the molecule is CCOCCCNC(=NCC(=O)N(C)C)NC1CCCC(S(=O)CC)C1.I. The highest BCUT2D eigenvalue weighted by molar-refractivity contribution is 14.0. The average molecular weight is 516 g/mol. The molecule has 3 unspecified atom stereocenters. The average Bonchev–Trinajstić information content (AvgIpc) is 2.64. The number of ether oxygens (including phenoxy) is 1. The van der Waals surface area contributed by atoms with Gasteiger partial charge in [0.05, 0.1) is 0 Å². The van der Waals surface area contributed by atoms with Crippen LogP contribution in [0.3, 0.4) is 0 Å². The molecular formula is C18H37IN4O3S. The van der Waals surface area contributed by atoms with E-state index in [4.69, 9.17) is 4.74 Å². The lowest BCUT2D eigenvalue weighted by molar-refractivity contribution is -0.127. The molecule has 0 radical (unpaired) electrons. The van der Waals surface area contributed by atoms with E-state index in [0.717, 1.165) is 38.6 Å². The zero-order valence-electron chi connectivity index (χ0n) is 17.2. The Labute approximate surface area is 183 Å². The Balaban J connectivity index is 0.00000676. The van der Waals surface area contributed by atoms with E-state index in [-0.39, 0.29) is 47.7 Å². The third-order valence-electron chi connectivity index (χ3n) is 4.46. The molecule has 0 heterocycles. The van der Waals surface area contributed by atoms with Crippen LogP contribution in [0.1, 0.15) is 46.0 Å². The summed E-state index contributed by atoms with van der Waals surface area (Å²) in [5.41, 5.74) is 0. The molecular weight excluding hydrogens is 479 g/mol. The van der Waals surface area contributed by atoms with Gasteiger partial charge in [0.1, 0.15) is 6.54 Å². The predicted molar refractivity (Wildman–Crippen MR) is 123 cm³/mol. The number of guanidine groups is 1. The molecule has 3 atom stereocenters. The van der Waals surface area contributed by atoms with Gasteiger partial charge < -0.3 is 20.3 Å². The van der Waals surface area contributed by atoms with Crippen molar-refractivity contribution in [3.05, 3.63) is 0 Å². The van der Waals surface area contributed by atoms with Crippen molar-refractivity contribution in [2.45, 2.75) is 57.2 Å². The van der Waals surface area contributed by atoms with Gasteiger partial charge in [0.15, 0.2) is 5.96 Å². The molecule has 1 aliphatic rings. The summed E-state index contributed by atoms with van der Waals surface area (Å²) in [5.74, 6) is 1.34. The van der Waals surface area contributed by atoms with Crippen LogP contribution in [-0.4, -0.2) is 78.4 Å². The summed E-state index contributed by atoms with van der Waals surface area (Å²) < 4.78 is 17.5. The molecule has 0 bridgehead atoms. The largest absolute Gasteiger partial charge is 0.382 e. The number of carbonyl (C=O) groups excluding carboxylic acids is 1. The van der Waals surface area contributed by atoms with Crippen molar-refractivity contribution in [2.24, 2.45) is 4.99 Å². The highest BCUT2D eigenvalue weighted by Crippen LogP contribution is 2.22. The van der Waals surface area contributed by atoms with Crippen LogP contribution in [0.2, 0.25) is 0 Å². The number of likely N-dealkylation sites (N-methyl/N-ethyl adjacent to an activating group) is 1. The number of amides is 1. The fraction of sp³-hybridized carbons (Fsp3) is 0.889. The second-order valence-corrected chi connectivity index (χ2v) is 8.74. The van der Waals surface area contributed by atoms with E-state index in [1.807, 2.05) is 13.8 Å². The highest BCUT2D eigenvalue weighted by Gasteiger charge is 2.26. The van der Waals surface area contributed by atoms with Crippen molar-refractivity contribution in [3.8, 4) is 0 Å².